The third-order valence-electron chi connectivity index (χ3n) is 3.28. The number of benzene rings is 2. The second-order valence-electron chi connectivity index (χ2n) is 4.74. The number of nitrogens with zero attached hydrogens (tertiary/aromatic N) is 1. The van der Waals surface area contributed by atoms with E-state index in [4.69, 9.17) is 27.9 Å². The van der Waals surface area contributed by atoms with Crippen LogP contribution >= 0.6 is 23.2 Å². The maximum atomic E-state index is 12.3. The van der Waals surface area contributed by atoms with Crippen LogP contribution in [0.15, 0.2) is 42.5 Å². The Morgan fingerprint density at radius 1 is 1.09 bits per heavy atom. The van der Waals surface area contributed by atoms with Crippen LogP contribution in [0.1, 0.15) is 10.4 Å². The summed E-state index contributed by atoms with van der Waals surface area (Å²) in [6, 6.07) is 10.9. The highest BCUT2D eigenvalue weighted by Crippen LogP contribution is 2.30. The van der Waals surface area contributed by atoms with Crippen molar-refractivity contribution in [2.75, 3.05) is 11.5 Å². The fourth-order valence-corrected chi connectivity index (χ4v) is 2.69. The maximum absolute atomic E-state index is 12.3. The van der Waals surface area contributed by atoms with Crippen LogP contribution in [0.3, 0.4) is 0 Å². The molecule has 3 rings (SSSR count). The molecule has 1 aliphatic rings. The lowest BCUT2D eigenvalue weighted by Gasteiger charge is -2.15. The smallest absolute Gasteiger partial charge is 0.306 e. The second kappa shape index (κ2) is 6.02. The van der Waals surface area contributed by atoms with E-state index in [1.165, 1.54) is 24.3 Å². The van der Waals surface area contributed by atoms with Gasteiger partial charge in [0, 0.05) is 5.02 Å². The molecule has 1 heterocycles. The SMILES string of the molecule is O=C1C(=O)N(C(=O)COc2ccc(Cl)cc2Cl)c2ccccc21. The minimum absolute atomic E-state index is 0.204. The van der Waals surface area contributed by atoms with Gasteiger partial charge >= 0.3 is 5.91 Å². The lowest BCUT2D eigenvalue weighted by molar-refractivity contribution is -0.125. The Hall–Kier alpha value is -2.37. The number of amides is 2. The molecular weight excluding hydrogens is 341 g/mol. The van der Waals surface area contributed by atoms with Crippen molar-refractivity contribution in [2.45, 2.75) is 0 Å². The van der Waals surface area contributed by atoms with E-state index in [0.29, 0.717) is 5.02 Å². The number of ether oxygens (including phenoxy) is 1. The molecule has 2 aromatic carbocycles. The first-order valence-electron chi connectivity index (χ1n) is 6.57. The molecule has 7 heteroatoms. The van der Waals surface area contributed by atoms with Crippen molar-refractivity contribution in [1.82, 2.24) is 0 Å². The molecule has 5 nitrogen and oxygen atoms in total. The van der Waals surface area contributed by atoms with Gasteiger partial charge in [0.25, 0.3) is 11.7 Å². The minimum Gasteiger partial charge on any atom is -0.482 e. The van der Waals surface area contributed by atoms with Crippen LogP contribution < -0.4 is 9.64 Å². The lowest BCUT2D eigenvalue weighted by Crippen LogP contribution is -2.39. The molecule has 0 saturated carbocycles. The molecule has 0 aliphatic carbocycles. The number of fused-ring (bicyclic) bond motifs is 1. The number of carbonyl (C=O) groups excluding carboxylic acids is 3. The van der Waals surface area contributed by atoms with Crippen molar-refractivity contribution in [3.05, 3.63) is 58.1 Å². The lowest BCUT2D eigenvalue weighted by atomic mass is 10.1. The zero-order valence-electron chi connectivity index (χ0n) is 11.6. The first kappa shape index (κ1) is 15.5. The van der Waals surface area contributed by atoms with E-state index in [0.717, 1.165) is 4.90 Å². The maximum Gasteiger partial charge on any atom is 0.306 e. The number of carbonyl (C=O) groups is 3. The summed E-state index contributed by atoms with van der Waals surface area (Å²) in [7, 11) is 0. The highest BCUT2D eigenvalue weighted by molar-refractivity contribution is 6.56. The zero-order chi connectivity index (χ0) is 16.6. The Morgan fingerprint density at radius 2 is 1.83 bits per heavy atom. The normalized spacial score (nSPS) is 13.2. The van der Waals surface area contributed by atoms with Crippen LogP contribution in [-0.4, -0.2) is 24.2 Å². The number of hydrogen-bond acceptors (Lipinski definition) is 4. The van der Waals surface area contributed by atoms with Crippen LogP contribution in [0, 0.1) is 0 Å². The predicted octanol–water partition coefficient (Wildman–Crippen LogP) is 3.13. The van der Waals surface area contributed by atoms with E-state index in [1.807, 2.05) is 0 Å². The number of Topliss-reactive ketones (excluding diaryl/α,β-unsaturated/α-hetero) is 1. The summed E-state index contributed by atoms with van der Waals surface area (Å²) >= 11 is 11.7. The van der Waals surface area contributed by atoms with Crippen LogP contribution in [0.5, 0.6) is 5.75 Å². The van der Waals surface area contributed by atoms with Gasteiger partial charge in [0.2, 0.25) is 0 Å². The first-order chi connectivity index (χ1) is 11.0. The second-order valence-corrected chi connectivity index (χ2v) is 5.59. The molecule has 0 radical (unpaired) electrons. The van der Waals surface area contributed by atoms with Crippen molar-refractivity contribution in [3.63, 3.8) is 0 Å². The molecule has 116 valence electrons. The van der Waals surface area contributed by atoms with E-state index in [2.05, 4.69) is 0 Å². The molecule has 0 bridgehead atoms. The minimum atomic E-state index is -0.887. The average molecular weight is 350 g/mol. The van der Waals surface area contributed by atoms with Crippen LogP contribution in [-0.2, 0) is 9.59 Å². The van der Waals surface area contributed by atoms with E-state index in [-0.39, 0.29) is 22.0 Å². The summed E-state index contributed by atoms with van der Waals surface area (Å²) in [5.41, 5.74) is 0.466. The number of ketones is 1. The van der Waals surface area contributed by atoms with Gasteiger partial charge in [-0.25, -0.2) is 4.90 Å². The monoisotopic (exact) mass is 349 g/mol. The quantitative estimate of drug-likeness (QED) is 0.798. The molecule has 1 aliphatic heterocycles. The molecule has 0 unspecified atom stereocenters. The van der Waals surface area contributed by atoms with Crippen molar-refractivity contribution < 1.29 is 19.1 Å². The number of anilines is 1. The van der Waals surface area contributed by atoms with Crippen molar-refractivity contribution in [2.24, 2.45) is 0 Å². The molecule has 0 atom stereocenters. The van der Waals surface area contributed by atoms with Crippen LogP contribution in [0.4, 0.5) is 5.69 Å². The van der Waals surface area contributed by atoms with Gasteiger partial charge in [-0.3, -0.25) is 14.4 Å². The number of rotatable bonds is 3. The van der Waals surface area contributed by atoms with E-state index >= 15 is 0 Å². The van der Waals surface area contributed by atoms with Crippen LogP contribution in [0.25, 0.3) is 0 Å². The first-order valence-corrected chi connectivity index (χ1v) is 7.33. The molecule has 0 fully saturated rings. The Balaban J connectivity index is 1.79. The highest BCUT2D eigenvalue weighted by Gasteiger charge is 2.39. The standard InChI is InChI=1S/C16H9Cl2NO4/c17-9-5-6-13(11(18)7-9)23-8-14(20)19-12-4-2-1-3-10(12)15(21)16(19)22/h1-7H,8H2. The van der Waals surface area contributed by atoms with Gasteiger partial charge in [0.1, 0.15) is 5.75 Å². The fraction of sp³-hybridized carbons (Fsp3) is 0.0625. The predicted molar refractivity (Wildman–Crippen MR) is 85.2 cm³/mol. The van der Waals surface area contributed by atoms with Gasteiger partial charge in [-0.1, -0.05) is 35.3 Å². The summed E-state index contributed by atoms with van der Waals surface area (Å²) in [6.07, 6.45) is 0. The zero-order valence-corrected chi connectivity index (χ0v) is 13.1. The van der Waals surface area contributed by atoms with Crippen molar-refractivity contribution in [3.8, 4) is 5.75 Å². The fourth-order valence-electron chi connectivity index (χ4n) is 2.23. The number of hydrogen-bond donors (Lipinski definition) is 0. The molecule has 2 amide bonds. The van der Waals surface area contributed by atoms with Gasteiger partial charge in [0.15, 0.2) is 6.61 Å². The topological polar surface area (TPSA) is 63.7 Å². The summed E-state index contributed by atoms with van der Waals surface area (Å²) in [6.45, 7) is -0.436. The summed E-state index contributed by atoms with van der Waals surface area (Å²) in [4.78, 5) is 36.9. The van der Waals surface area contributed by atoms with E-state index < -0.39 is 24.2 Å². The Morgan fingerprint density at radius 3 is 2.57 bits per heavy atom. The molecule has 0 aromatic heterocycles. The molecule has 2 aromatic rings. The third-order valence-corrected chi connectivity index (χ3v) is 3.81. The van der Waals surface area contributed by atoms with Crippen LogP contribution in [0.2, 0.25) is 10.0 Å². The van der Waals surface area contributed by atoms with Gasteiger partial charge in [-0.2, -0.15) is 0 Å². The summed E-state index contributed by atoms with van der Waals surface area (Å²) in [5.74, 6) is -1.99. The molecule has 0 saturated heterocycles. The van der Waals surface area contributed by atoms with Gasteiger partial charge in [0.05, 0.1) is 16.3 Å². The largest absolute Gasteiger partial charge is 0.482 e. The van der Waals surface area contributed by atoms with Gasteiger partial charge in [-0.15, -0.1) is 0 Å². The van der Waals surface area contributed by atoms with E-state index in [1.54, 1.807) is 18.2 Å². The average Bonchev–Trinajstić information content (AvgIpc) is 2.78. The third kappa shape index (κ3) is 2.81. The Bertz CT molecular complexity index is 835. The number of para-hydroxylation sites is 1. The molecular formula is C16H9Cl2NO4. The van der Waals surface area contributed by atoms with E-state index in [9.17, 15) is 14.4 Å². The Kier molecular flexibility index (Phi) is 4.07. The van der Waals surface area contributed by atoms with Crippen molar-refractivity contribution in [1.29, 1.82) is 0 Å². The summed E-state index contributed by atoms with van der Waals surface area (Å²) in [5, 5.41) is 0.678. The molecule has 23 heavy (non-hydrogen) atoms. The Labute approximate surface area is 141 Å². The molecule has 0 spiro atoms. The van der Waals surface area contributed by atoms with Gasteiger partial charge in [-0.05, 0) is 30.3 Å². The molecule has 0 N–H and O–H groups in total. The highest BCUT2D eigenvalue weighted by atomic mass is 35.5. The number of imide groups is 1. The number of halogens is 2. The van der Waals surface area contributed by atoms with Crippen molar-refractivity contribution >= 4 is 46.5 Å². The van der Waals surface area contributed by atoms with Gasteiger partial charge < -0.3 is 4.74 Å². The summed E-state index contributed by atoms with van der Waals surface area (Å²) < 4.78 is 5.32.